The van der Waals surface area contributed by atoms with E-state index in [2.05, 4.69) is 33.5 Å². The largest absolute Gasteiger partial charge is 0.465 e. The molecule has 1 aliphatic rings. The van der Waals surface area contributed by atoms with Crippen LogP contribution in [0, 0.1) is 0 Å². The average molecular weight is 277 g/mol. The zero-order chi connectivity index (χ0) is 14.5. The molecule has 0 saturated carbocycles. The molecule has 0 bridgehead atoms. The molecule has 5 heteroatoms. The van der Waals surface area contributed by atoms with Gasteiger partial charge in [-0.3, -0.25) is 9.88 Å². The molecule has 0 spiro atoms. The van der Waals surface area contributed by atoms with Crippen LogP contribution in [-0.2, 0) is 11.3 Å². The van der Waals surface area contributed by atoms with E-state index in [0.29, 0.717) is 11.6 Å². The summed E-state index contributed by atoms with van der Waals surface area (Å²) in [7, 11) is 3.55. The van der Waals surface area contributed by atoms with Crippen molar-refractivity contribution >= 4 is 5.97 Å². The Morgan fingerprint density at radius 3 is 2.90 bits per heavy atom. The number of hydrogen-bond acceptors (Lipinski definition) is 5. The maximum absolute atomic E-state index is 11.4. The van der Waals surface area contributed by atoms with Gasteiger partial charge in [0.05, 0.1) is 18.4 Å². The summed E-state index contributed by atoms with van der Waals surface area (Å²) in [6.07, 6.45) is 2.77. The minimum atomic E-state index is -0.339. The zero-order valence-corrected chi connectivity index (χ0v) is 12.5. The van der Waals surface area contributed by atoms with Crippen LogP contribution in [0.3, 0.4) is 0 Å². The van der Waals surface area contributed by atoms with E-state index in [9.17, 15) is 4.79 Å². The number of hydrogen-bond donors (Lipinski definition) is 0. The SMILES string of the molecule is COC(=O)c1ccc(CN2CCCN(C)CC2C)nc1. The Balaban J connectivity index is 2.00. The van der Waals surface area contributed by atoms with Crippen LogP contribution in [0.2, 0.25) is 0 Å². The van der Waals surface area contributed by atoms with Crippen LogP contribution in [0.25, 0.3) is 0 Å². The van der Waals surface area contributed by atoms with Crippen LogP contribution < -0.4 is 0 Å². The van der Waals surface area contributed by atoms with Crippen molar-refractivity contribution in [2.24, 2.45) is 0 Å². The molecule has 0 N–H and O–H groups in total. The van der Waals surface area contributed by atoms with E-state index in [1.54, 1.807) is 12.3 Å². The predicted molar refractivity (Wildman–Crippen MR) is 77.6 cm³/mol. The second-order valence-corrected chi connectivity index (χ2v) is 5.47. The molecule has 0 amide bonds. The highest BCUT2D eigenvalue weighted by Gasteiger charge is 2.20. The van der Waals surface area contributed by atoms with Gasteiger partial charge < -0.3 is 9.64 Å². The first-order valence-electron chi connectivity index (χ1n) is 7.06. The van der Waals surface area contributed by atoms with E-state index in [1.807, 2.05) is 6.07 Å². The van der Waals surface area contributed by atoms with E-state index in [-0.39, 0.29) is 5.97 Å². The van der Waals surface area contributed by atoms with Crippen LogP contribution in [0.4, 0.5) is 0 Å². The van der Waals surface area contributed by atoms with Gasteiger partial charge in [0.2, 0.25) is 0 Å². The van der Waals surface area contributed by atoms with Gasteiger partial charge in [-0.25, -0.2) is 4.79 Å². The highest BCUT2D eigenvalue weighted by Crippen LogP contribution is 2.12. The number of likely N-dealkylation sites (N-methyl/N-ethyl adjacent to an activating group) is 1. The molecule has 1 fully saturated rings. The van der Waals surface area contributed by atoms with E-state index in [0.717, 1.165) is 31.9 Å². The highest BCUT2D eigenvalue weighted by atomic mass is 16.5. The summed E-state index contributed by atoms with van der Waals surface area (Å²) in [6, 6.07) is 4.21. The number of carbonyl (C=O) groups is 1. The summed E-state index contributed by atoms with van der Waals surface area (Å²) in [5, 5.41) is 0. The van der Waals surface area contributed by atoms with Gasteiger partial charge in [0.25, 0.3) is 0 Å². The first-order valence-corrected chi connectivity index (χ1v) is 7.06. The van der Waals surface area contributed by atoms with E-state index in [1.165, 1.54) is 13.5 Å². The Bertz CT molecular complexity index is 447. The lowest BCUT2D eigenvalue weighted by Gasteiger charge is -2.27. The highest BCUT2D eigenvalue weighted by molar-refractivity contribution is 5.88. The molecule has 1 atom stereocenters. The third-order valence-corrected chi connectivity index (χ3v) is 3.80. The van der Waals surface area contributed by atoms with E-state index >= 15 is 0 Å². The summed E-state index contributed by atoms with van der Waals surface area (Å²) < 4.78 is 4.68. The Labute approximate surface area is 120 Å². The fourth-order valence-corrected chi connectivity index (χ4v) is 2.62. The lowest BCUT2D eigenvalue weighted by atomic mass is 10.2. The van der Waals surface area contributed by atoms with E-state index < -0.39 is 0 Å². The number of carbonyl (C=O) groups excluding carboxylic acids is 1. The van der Waals surface area contributed by atoms with Gasteiger partial charge in [-0.15, -0.1) is 0 Å². The standard InChI is InChI=1S/C15H23N3O2/c1-12-10-17(2)7-4-8-18(12)11-14-6-5-13(9-16-14)15(19)20-3/h5-6,9,12H,4,7-8,10-11H2,1-3H3. The Morgan fingerprint density at radius 2 is 2.25 bits per heavy atom. The number of pyridine rings is 1. The maximum atomic E-state index is 11.4. The van der Waals surface area contributed by atoms with Crippen molar-refractivity contribution in [3.05, 3.63) is 29.6 Å². The number of rotatable bonds is 3. The van der Waals surface area contributed by atoms with Crippen molar-refractivity contribution in [1.82, 2.24) is 14.8 Å². The number of methoxy groups -OCH3 is 1. The van der Waals surface area contributed by atoms with Crippen molar-refractivity contribution in [2.75, 3.05) is 33.8 Å². The molecule has 2 heterocycles. The van der Waals surface area contributed by atoms with Crippen molar-refractivity contribution < 1.29 is 9.53 Å². The molecule has 1 unspecified atom stereocenters. The van der Waals surface area contributed by atoms with Crippen molar-refractivity contribution in [2.45, 2.75) is 25.9 Å². The second-order valence-electron chi connectivity index (χ2n) is 5.47. The molecular weight excluding hydrogens is 254 g/mol. The molecule has 1 saturated heterocycles. The Kier molecular flexibility index (Phi) is 5.09. The average Bonchev–Trinajstić information content (AvgIpc) is 2.60. The molecule has 110 valence electrons. The minimum Gasteiger partial charge on any atom is -0.465 e. The van der Waals surface area contributed by atoms with Crippen molar-refractivity contribution in [1.29, 1.82) is 0 Å². The maximum Gasteiger partial charge on any atom is 0.339 e. The first-order chi connectivity index (χ1) is 9.60. The smallest absolute Gasteiger partial charge is 0.339 e. The predicted octanol–water partition coefficient (Wildman–Crippen LogP) is 1.39. The van der Waals surface area contributed by atoms with Crippen LogP contribution in [0.5, 0.6) is 0 Å². The monoisotopic (exact) mass is 277 g/mol. The first kappa shape index (κ1) is 14.9. The van der Waals surface area contributed by atoms with Crippen molar-refractivity contribution in [3.8, 4) is 0 Å². The molecule has 1 aromatic rings. The topological polar surface area (TPSA) is 45.7 Å². The summed E-state index contributed by atoms with van der Waals surface area (Å²) in [6.45, 7) is 6.41. The third kappa shape index (κ3) is 3.77. The van der Waals surface area contributed by atoms with E-state index in [4.69, 9.17) is 0 Å². The molecule has 5 nitrogen and oxygen atoms in total. The summed E-state index contributed by atoms with van der Waals surface area (Å²) in [5.41, 5.74) is 1.49. The molecule has 1 aliphatic heterocycles. The molecule has 0 aromatic carbocycles. The molecule has 0 radical (unpaired) electrons. The Morgan fingerprint density at radius 1 is 1.45 bits per heavy atom. The van der Waals surface area contributed by atoms with Gasteiger partial charge in [-0.05, 0) is 39.1 Å². The molecule has 1 aromatic heterocycles. The number of esters is 1. The van der Waals surface area contributed by atoms with Gasteiger partial charge >= 0.3 is 5.97 Å². The quantitative estimate of drug-likeness (QED) is 0.781. The third-order valence-electron chi connectivity index (χ3n) is 3.80. The summed E-state index contributed by atoms with van der Waals surface area (Å²) >= 11 is 0. The number of ether oxygens (including phenoxy) is 1. The summed E-state index contributed by atoms with van der Waals surface area (Å²) in [4.78, 5) is 20.6. The van der Waals surface area contributed by atoms with Gasteiger partial charge in [-0.2, -0.15) is 0 Å². The molecule has 20 heavy (non-hydrogen) atoms. The summed E-state index contributed by atoms with van der Waals surface area (Å²) in [5.74, 6) is -0.339. The lowest BCUT2D eigenvalue weighted by Crippen LogP contribution is -2.37. The number of nitrogens with zero attached hydrogens (tertiary/aromatic N) is 3. The lowest BCUT2D eigenvalue weighted by molar-refractivity contribution is 0.0600. The molecular formula is C15H23N3O2. The molecule has 2 rings (SSSR count). The van der Waals surface area contributed by atoms with Gasteiger partial charge in [0, 0.05) is 31.9 Å². The normalized spacial score (nSPS) is 21.4. The van der Waals surface area contributed by atoms with Gasteiger partial charge in [0.1, 0.15) is 0 Å². The van der Waals surface area contributed by atoms with Crippen LogP contribution in [0.15, 0.2) is 18.3 Å². The minimum absolute atomic E-state index is 0.339. The van der Waals surface area contributed by atoms with Crippen molar-refractivity contribution in [3.63, 3.8) is 0 Å². The van der Waals surface area contributed by atoms with Crippen LogP contribution in [-0.4, -0.2) is 60.6 Å². The second kappa shape index (κ2) is 6.81. The molecule has 0 aliphatic carbocycles. The Hall–Kier alpha value is -1.46. The fourth-order valence-electron chi connectivity index (χ4n) is 2.62. The van der Waals surface area contributed by atoms with Gasteiger partial charge in [0.15, 0.2) is 0 Å². The zero-order valence-electron chi connectivity index (χ0n) is 12.5. The van der Waals surface area contributed by atoms with Crippen LogP contribution in [0.1, 0.15) is 29.4 Å². The number of aromatic nitrogens is 1. The fraction of sp³-hybridized carbons (Fsp3) is 0.600. The van der Waals surface area contributed by atoms with Gasteiger partial charge in [-0.1, -0.05) is 0 Å². The van der Waals surface area contributed by atoms with Crippen LogP contribution >= 0.6 is 0 Å².